The molecule has 0 saturated heterocycles. The fraction of sp³-hybridized carbons (Fsp3) is 0.200. The number of nitrogens with zero attached hydrogens (tertiary/aromatic N) is 4. The zero-order valence-electron chi connectivity index (χ0n) is 17.2. The van der Waals surface area contributed by atoms with Crippen molar-refractivity contribution in [3.05, 3.63) is 95.8 Å². The molecule has 0 radical (unpaired) electrons. The van der Waals surface area contributed by atoms with E-state index in [1.807, 2.05) is 50.5 Å². The Hall–Kier alpha value is -3.40. The van der Waals surface area contributed by atoms with Crippen LogP contribution in [0.25, 0.3) is 22.5 Å². The zero-order chi connectivity index (χ0) is 20.4. The topological polar surface area (TPSA) is 51.6 Å². The predicted molar refractivity (Wildman–Crippen MR) is 117 cm³/mol. The van der Waals surface area contributed by atoms with Crippen molar-refractivity contribution in [2.45, 2.75) is 33.1 Å². The fourth-order valence-electron chi connectivity index (χ4n) is 3.51. The van der Waals surface area contributed by atoms with Gasteiger partial charge < -0.3 is 0 Å². The Morgan fingerprint density at radius 3 is 1.45 bits per heavy atom. The van der Waals surface area contributed by atoms with Crippen molar-refractivity contribution in [2.24, 2.45) is 0 Å². The molecule has 4 heterocycles. The average molecular weight is 380 g/mol. The quantitative estimate of drug-likeness (QED) is 0.466. The smallest absolute Gasteiger partial charge is 0.0723 e. The van der Waals surface area contributed by atoms with Crippen molar-refractivity contribution < 1.29 is 0 Å². The molecule has 0 unspecified atom stereocenters. The molecule has 0 fully saturated rings. The summed E-state index contributed by atoms with van der Waals surface area (Å²) in [6.45, 7) is 8.35. The van der Waals surface area contributed by atoms with Gasteiger partial charge in [-0.2, -0.15) is 0 Å². The minimum atomic E-state index is -0.349. The maximum absolute atomic E-state index is 4.98. The van der Waals surface area contributed by atoms with Gasteiger partial charge in [-0.3, -0.25) is 19.9 Å². The third kappa shape index (κ3) is 3.66. The lowest BCUT2D eigenvalue weighted by atomic mass is 9.84. The molecule has 4 aromatic rings. The van der Waals surface area contributed by atoms with Crippen LogP contribution in [-0.4, -0.2) is 19.9 Å². The van der Waals surface area contributed by atoms with Gasteiger partial charge in [0, 0.05) is 40.3 Å². The van der Waals surface area contributed by atoms with Gasteiger partial charge in [0.15, 0.2) is 0 Å². The van der Waals surface area contributed by atoms with E-state index in [1.54, 1.807) is 0 Å². The van der Waals surface area contributed by atoms with Crippen LogP contribution in [0.15, 0.2) is 73.1 Å². The summed E-state index contributed by atoms with van der Waals surface area (Å²) < 4.78 is 0. The molecule has 4 heteroatoms. The van der Waals surface area contributed by atoms with Crippen LogP contribution in [0.4, 0.5) is 0 Å². The lowest BCUT2D eigenvalue weighted by Gasteiger charge is -2.25. The van der Waals surface area contributed by atoms with Crippen LogP contribution in [0.5, 0.6) is 0 Å². The SMILES string of the molecule is Cc1ncccc1-c1cccc(C(C)(C)c2cccc(-c3cccnc3C)n2)n1. The third-order valence-corrected chi connectivity index (χ3v) is 5.34. The number of hydrogen-bond acceptors (Lipinski definition) is 4. The number of aromatic nitrogens is 4. The summed E-state index contributed by atoms with van der Waals surface area (Å²) in [6.07, 6.45) is 3.62. The van der Waals surface area contributed by atoms with Gasteiger partial charge in [-0.1, -0.05) is 12.1 Å². The Kier molecular flexibility index (Phi) is 4.93. The molecule has 0 aliphatic carbocycles. The maximum Gasteiger partial charge on any atom is 0.0723 e. The minimum Gasteiger partial charge on any atom is -0.261 e. The first-order valence-electron chi connectivity index (χ1n) is 9.76. The van der Waals surface area contributed by atoms with E-state index in [0.29, 0.717) is 0 Å². The molecule has 0 saturated carbocycles. The predicted octanol–water partition coefficient (Wildman–Crippen LogP) is 5.54. The van der Waals surface area contributed by atoms with Crippen LogP contribution in [0.3, 0.4) is 0 Å². The molecule has 0 aromatic carbocycles. The van der Waals surface area contributed by atoms with E-state index in [0.717, 1.165) is 45.3 Å². The van der Waals surface area contributed by atoms with Crippen LogP contribution in [0.2, 0.25) is 0 Å². The Morgan fingerprint density at radius 2 is 1.03 bits per heavy atom. The van der Waals surface area contributed by atoms with Crippen LogP contribution in [0, 0.1) is 13.8 Å². The Morgan fingerprint density at radius 1 is 0.586 bits per heavy atom. The van der Waals surface area contributed by atoms with Crippen molar-refractivity contribution in [1.29, 1.82) is 0 Å². The molecule has 144 valence electrons. The number of pyridine rings is 4. The number of hydrogen-bond donors (Lipinski definition) is 0. The van der Waals surface area contributed by atoms with Gasteiger partial charge in [0.1, 0.15) is 0 Å². The first kappa shape index (κ1) is 18.9. The van der Waals surface area contributed by atoms with Gasteiger partial charge in [-0.15, -0.1) is 0 Å². The van der Waals surface area contributed by atoms with E-state index in [9.17, 15) is 0 Å². The second-order valence-corrected chi connectivity index (χ2v) is 7.71. The molecule has 0 atom stereocenters. The molecule has 0 N–H and O–H groups in total. The lowest BCUT2D eigenvalue weighted by Crippen LogP contribution is -2.22. The Labute approximate surface area is 171 Å². The summed E-state index contributed by atoms with van der Waals surface area (Å²) in [5, 5.41) is 0. The van der Waals surface area contributed by atoms with Crippen LogP contribution in [-0.2, 0) is 5.41 Å². The van der Waals surface area contributed by atoms with Gasteiger partial charge in [0.2, 0.25) is 0 Å². The van der Waals surface area contributed by atoms with Crippen LogP contribution < -0.4 is 0 Å². The number of rotatable bonds is 4. The summed E-state index contributed by atoms with van der Waals surface area (Å²) >= 11 is 0. The molecule has 4 nitrogen and oxygen atoms in total. The van der Waals surface area contributed by atoms with E-state index in [2.05, 4.69) is 60.2 Å². The van der Waals surface area contributed by atoms with E-state index >= 15 is 0 Å². The first-order chi connectivity index (χ1) is 14.0. The first-order valence-corrected chi connectivity index (χ1v) is 9.76. The highest BCUT2D eigenvalue weighted by Crippen LogP contribution is 2.32. The monoisotopic (exact) mass is 380 g/mol. The molecule has 4 rings (SSSR count). The van der Waals surface area contributed by atoms with E-state index < -0.39 is 0 Å². The highest BCUT2D eigenvalue weighted by molar-refractivity contribution is 5.63. The normalized spacial score (nSPS) is 11.4. The van der Waals surface area contributed by atoms with Gasteiger partial charge in [-0.25, -0.2) is 0 Å². The van der Waals surface area contributed by atoms with Crippen molar-refractivity contribution in [3.8, 4) is 22.5 Å². The molecule has 0 aliphatic heterocycles. The van der Waals surface area contributed by atoms with E-state index in [1.165, 1.54) is 0 Å². The highest BCUT2D eigenvalue weighted by atomic mass is 14.8. The third-order valence-electron chi connectivity index (χ3n) is 5.34. The molecular formula is C25H24N4. The van der Waals surface area contributed by atoms with Gasteiger partial charge in [0.25, 0.3) is 0 Å². The summed E-state index contributed by atoms with van der Waals surface area (Å²) in [4.78, 5) is 18.8. The van der Waals surface area contributed by atoms with E-state index in [-0.39, 0.29) is 5.41 Å². The zero-order valence-corrected chi connectivity index (χ0v) is 17.2. The average Bonchev–Trinajstić information content (AvgIpc) is 2.74. The molecule has 4 aromatic heterocycles. The van der Waals surface area contributed by atoms with E-state index in [4.69, 9.17) is 9.97 Å². The molecule has 0 amide bonds. The summed E-state index contributed by atoms with van der Waals surface area (Å²) in [5.41, 5.74) is 7.52. The second-order valence-electron chi connectivity index (χ2n) is 7.71. The van der Waals surface area contributed by atoms with Crippen molar-refractivity contribution in [3.63, 3.8) is 0 Å². The van der Waals surface area contributed by atoms with Crippen molar-refractivity contribution in [2.75, 3.05) is 0 Å². The second kappa shape index (κ2) is 7.55. The molecule has 0 aliphatic rings. The molecule has 0 spiro atoms. The van der Waals surface area contributed by atoms with Gasteiger partial charge >= 0.3 is 0 Å². The summed E-state index contributed by atoms with van der Waals surface area (Å²) in [5.74, 6) is 0. The number of aryl methyl sites for hydroxylation is 2. The molecule has 29 heavy (non-hydrogen) atoms. The fourth-order valence-corrected chi connectivity index (χ4v) is 3.51. The molecular weight excluding hydrogens is 356 g/mol. The highest BCUT2D eigenvalue weighted by Gasteiger charge is 2.27. The Balaban J connectivity index is 1.77. The molecule has 0 bridgehead atoms. The standard InChI is InChI=1S/C25H24N4/c1-17-19(9-7-15-26-17)21-11-5-13-23(28-21)25(3,4)24-14-6-12-22(29-24)20-10-8-16-27-18(20)2/h5-16H,1-4H3. The van der Waals surface area contributed by atoms with Crippen LogP contribution >= 0.6 is 0 Å². The summed E-state index contributed by atoms with van der Waals surface area (Å²) in [6, 6.07) is 20.3. The van der Waals surface area contributed by atoms with Crippen molar-refractivity contribution >= 4 is 0 Å². The Bertz CT molecular complexity index is 1070. The van der Waals surface area contributed by atoms with Gasteiger partial charge in [-0.05, 0) is 76.2 Å². The maximum atomic E-state index is 4.98. The lowest BCUT2D eigenvalue weighted by molar-refractivity contribution is 0.596. The van der Waals surface area contributed by atoms with Crippen LogP contribution in [0.1, 0.15) is 36.6 Å². The van der Waals surface area contributed by atoms with Crippen molar-refractivity contribution in [1.82, 2.24) is 19.9 Å². The largest absolute Gasteiger partial charge is 0.261 e. The minimum absolute atomic E-state index is 0.349. The summed E-state index contributed by atoms with van der Waals surface area (Å²) in [7, 11) is 0. The van der Waals surface area contributed by atoms with Gasteiger partial charge in [0.05, 0.1) is 22.8 Å².